The summed E-state index contributed by atoms with van der Waals surface area (Å²) in [6.45, 7) is 2.47. The van der Waals surface area contributed by atoms with E-state index in [0.29, 0.717) is 13.1 Å². The molecule has 94 valence electrons. The van der Waals surface area contributed by atoms with Crippen LogP contribution < -0.4 is 5.73 Å². The maximum absolute atomic E-state index is 12.2. The molecule has 1 aromatic heterocycles. The zero-order valence-electron chi connectivity index (χ0n) is 10.0. The highest BCUT2D eigenvalue weighted by Gasteiger charge is 2.24. The molecule has 1 heterocycles. The third-order valence-electron chi connectivity index (χ3n) is 2.55. The van der Waals surface area contributed by atoms with Crippen molar-refractivity contribution in [1.82, 2.24) is 8.87 Å². The van der Waals surface area contributed by atoms with Gasteiger partial charge in [0.1, 0.15) is 4.90 Å². The van der Waals surface area contributed by atoms with Crippen molar-refractivity contribution in [3.8, 4) is 12.3 Å². The molecule has 17 heavy (non-hydrogen) atoms. The molecule has 0 unspecified atom stereocenters. The Kier molecular flexibility index (Phi) is 4.34. The van der Waals surface area contributed by atoms with Crippen molar-refractivity contribution in [2.45, 2.75) is 18.4 Å². The molecule has 5 nitrogen and oxygen atoms in total. The zero-order chi connectivity index (χ0) is 13.1. The largest absolute Gasteiger partial charge is 0.352 e. The van der Waals surface area contributed by atoms with Crippen LogP contribution in [0.15, 0.2) is 17.2 Å². The van der Waals surface area contributed by atoms with E-state index in [0.717, 1.165) is 5.69 Å². The van der Waals surface area contributed by atoms with Gasteiger partial charge in [-0.25, -0.2) is 8.42 Å². The fourth-order valence-electron chi connectivity index (χ4n) is 1.54. The van der Waals surface area contributed by atoms with Crippen molar-refractivity contribution in [3.05, 3.63) is 18.0 Å². The first-order chi connectivity index (χ1) is 7.97. The highest BCUT2D eigenvalue weighted by atomic mass is 32.2. The summed E-state index contributed by atoms with van der Waals surface area (Å²) in [5, 5.41) is 0. The van der Waals surface area contributed by atoms with Crippen LogP contribution in [0.5, 0.6) is 0 Å². The third-order valence-corrected chi connectivity index (χ3v) is 4.44. The topological polar surface area (TPSA) is 68.3 Å². The van der Waals surface area contributed by atoms with Crippen LogP contribution in [0.25, 0.3) is 0 Å². The van der Waals surface area contributed by atoms with Gasteiger partial charge in [0, 0.05) is 32.0 Å². The van der Waals surface area contributed by atoms with Gasteiger partial charge in [0.15, 0.2) is 0 Å². The van der Waals surface area contributed by atoms with E-state index in [4.69, 9.17) is 12.2 Å². The minimum absolute atomic E-state index is 0.0751. The van der Waals surface area contributed by atoms with Gasteiger partial charge < -0.3 is 10.3 Å². The molecule has 0 aromatic carbocycles. The number of hydrogen-bond donors (Lipinski definition) is 1. The Balaban J connectivity index is 3.16. The van der Waals surface area contributed by atoms with E-state index in [9.17, 15) is 8.42 Å². The van der Waals surface area contributed by atoms with E-state index >= 15 is 0 Å². The maximum atomic E-state index is 12.2. The number of aryl methyl sites for hydroxylation is 1. The number of hydrogen-bond acceptors (Lipinski definition) is 3. The lowest BCUT2D eigenvalue weighted by Gasteiger charge is -2.16. The summed E-state index contributed by atoms with van der Waals surface area (Å²) in [5.74, 6) is 2.35. The Bertz CT molecular complexity index is 525. The molecule has 2 N–H and O–H groups in total. The van der Waals surface area contributed by atoms with Crippen molar-refractivity contribution in [2.24, 2.45) is 12.8 Å². The third kappa shape index (κ3) is 2.69. The van der Waals surface area contributed by atoms with Crippen LogP contribution in [0, 0.1) is 12.3 Å². The SMILES string of the molecule is C#CCN(CC)S(=O)(=O)c1cc(CN)n(C)c1. The molecule has 0 radical (unpaired) electrons. The smallest absolute Gasteiger partial charge is 0.245 e. The second-order valence-electron chi connectivity index (χ2n) is 3.62. The van der Waals surface area contributed by atoms with Crippen LogP contribution in [0.1, 0.15) is 12.6 Å². The monoisotopic (exact) mass is 255 g/mol. The Labute approximate surface area is 102 Å². The number of aromatic nitrogens is 1. The Morgan fingerprint density at radius 1 is 1.59 bits per heavy atom. The highest BCUT2D eigenvalue weighted by Crippen LogP contribution is 2.17. The second kappa shape index (κ2) is 5.36. The molecule has 0 aliphatic rings. The highest BCUT2D eigenvalue weighted by molar-refractivity contribution is 7.89. The maximum Gasteiger partial charge on any atom is 0.245 e. The summed E-state index contributed by atoms with van der Waals surface area (Å²) in [6, 6.07) is 1.58. The van der Waals surface area contributed by atoms with Gasteiger partial charge in [0.05, 0.1) is 6.54 Å². The quantitative estimate of drug-likeness (QED) is 0.760. The molecule has 1 rings (SSSR count). The lowest BCUT2D eigenvalue weighted by molar-refractivity contribution is 0.464. The number of terminal acetylenes is 1. The minimum Gasteiger partial charge on any atom is -0.352 e. The molecular formula is C11H17N3O2S. The second-order valence-corrected chi connectivity index (χ2v) is 5.56. The summed E-state index contributed by atoms with van der Waals surface area (Å²) < 4.78 is 27.4. The Hall–Kier alpha value is -1.29. The van der Waals surface area contributed by atoms with Gasteiger partial charge in [0.25, 0.3) is 0 Å². The van der Waals surface area contributed by atoms with Gasteiger partial charge in [-0.1, -0.05) is 12.8 Å². The number of nitrogens with two attached hydrogens (primary N) is 1. The molecule has 0 spiro atoms. The van der Waals surface area contributed by atoms with Crippen molar-refractivity contribution in [1.29, 1.82) is 0 Å². The number of sulfonamides is 1. The minimum atomic E-state index is -3.51. The van der Waals surface area contributed by atoms with E-state index in [1.165, 1.54) is 4.31 Å². The molecule has 0 aliphatic heterocycles. The fourth-order valence-corrected chi connectivity index (χ4v) is 3.00. The number of rotatable bonds is 5. The normalized spacial score (nSPS) is 11.7. The molecule has 0 aliphatic carbocycles. The van der Waals surface area contributed by atoms with Gasteiger partial charge >= 0.3 is 0 Å². The summed E-state index contributed by atoms with van der Waals surface area (Å²) >= 11 is 0. The molecular weight excluding hydrogens is 238 g/mol. The van der Waals surface area contributed by atoms with Crippen LogP contribution in [-0.4, -0.2) is 30.4 Å². The van der Waals surface area contributed by atoms with E-state index in [1.54, 1.807) is 30.8 Å². The van der Waals surface area contributed by atoms with Crippen LogP contribution >= 0.6 is 0 Å². The molecule has 0 fully saturated rings. The molecule has 1 aromatic rings. The lowest BCUT2D eigenvalue weighted by Crippen LogP contribution is -2.31. The molecule has 0 bridgehead atoms. The van der Waals surface area contributed by atoms with Crippen molar-refractivity contribution >= 4 is 10.0 Å². The Morgan fingerprint density at radius 3 is 2.65 bits per heavy atom. The predicted molar refractivity (Wildman–Crippen MR) is 66.6 cm³/mol. The van der Waals surface area contributed by atoms with Crippen molar-refractivity contribution < 1.29 is 8.42 Å². The molecule has 0 atom stereocenters. The molecule has 0 amide bonds. The van der Waals surface area contributed by atoms with Crippen molar-refractivity contribution in [2.75, 3.05) is 13.1 Å². The average molecular weight is 255 g/mol. The van der Waals surface area contributed by atoms with Gasteiger partial charge in [-0.2, -0.15) is 4.31 Å². The van der Waals surface area contributed by atoms with Crippen LogP contribution in [0.3, 0.4) is 0 Å². The first-order valence-corrected chi connectivity index (χ1v) is 6.70. The molecule has 0 saturated heterocycles. The molecule has 0 saturated carbocycles. The van der Waals surface area contributed by atoms with Gasteiger partial charge in [-0.15, -0.1) is 6.42 Å². The fraction of sp³-hybridized carbons (Fsp3) is 0.455. The van der Waals surface area contributed by atoms with Crippen LogP contribution in [0.2, 0.25) is 0 Å². The summed E-state index contributed by atoms with van der Waals surface area (Å²) in [5.41, 5.74) is 6.28. The van der Waals surface area contributed by atoms with Gasteiger partial charge in [-0.05, 0) is 6.07 Å². The average Bonchev–Trinajstić information content (AvgIpc) is 2.67. The van der Waals surface area contributed by atoms with Gasteiger partial charge in [-0.3, -0.25) is 0 Å². The first kappa shape index (κ1) is 13.8. The van der Waals surface area contributed by atoms with E-state index in [1.807, 2.05) is 0 Å². The van der Waals surface area contributed by atoms with E-state index in [2.05, 4.69) is 5.92 Å². The van der Waals surface area contributed by atoms with Crippen LogP contribution in [-0.2, 0) is 23.6 Å². The number of nitrogens with zero attached hydrogens (tertiary/aromatic N) is 2. The van der Waals surface area contributed by atoms with Crippen molar-refractivity contribution in [3.63, 3.8) is 0 Å². The standard InChI is InChI=1S/C11H17N3O2S/c1-4-6-14(5-2)17(15,16)11-7-10(8-12)13(3)9-11/h1,7,9H,5-6,8,12H2,2-3H3. The molecule has 6 heteroatoms. The lowest BCUT2D eigenvalue weighted by atomic mass is 10.4. The summed E-state index contributed by atoms with van der Waals surface area (Å²) in [4.78, 5) is 0.234. The van der Waals surface area contributed by atoms with E-state index in [-0.39, 0.29) is 11.4 Å². The van der Waals surface area contributed by atoms with E-state index < -0.39 is 10.0 Å². The predicted octanol–water partition coefficient (Wildman–Crippen LogP) is 0.128. The Morgan fingerprint density at radius 2 is 2.24 bits per heavy atom. The van der Waals surface area contributed by atoms with Crippen LogP contribution in [0.4, 0.5) is 0 Å². The summed E-state index contributed by atoms with van der Waals surface area (Å²) in [7, 11) is -1.75. The first-order valence-electron chi connectivity index (χ1n) is 5.26. The summed E-state index contributed by atoms with van der Waals surface area (Å²) in [6.07, 6.45) is 6.71. The van der Waals surface area contributed by atoms with Gasteiger partial charge in [0.2, 0.25) is 10.0 Å². The zero-order valence-corrected chi connectivity index (χ0v) is 10.9.